The molecule has 0 fully saturated rings. The first kappa shape index (κ1) is 18.8. The van der Waals surface area contributed by atoms with Gasteiger partial charge in [-0.3, -0.25) is 4.79 Å². The van der Waals surface area contributed by atoms with Gasteiger partial charge >= 0.3 is 5.69 Å². The number of benzene rings is 1. The van der Waals surface area contributed by atoms with Gasteiger partial charge in [-0.05, 0) is 49.4 Å². The summed E-state index contributed by atoms with van der Waals surface area (Å²) in [5.74, 6) is -0.179. The summed E-state index contributed by atoms with van der Waals surface area (Å²) in [5.41, 5.74) is 2.56. The van der Waals surface area contributed by atoms with E-state index in [4.69, 9.17) is 4.74 Å². The second kappa shape index (κ2) is 7.71. The van der Waals surface area contributed by atoms with E-state index in [2.05, 4.69) is 15.0 Å². The normalized spacial score (nSPS) is 12.3. The maximum absolute atomic E-state index is 12.8. The zero-order valence-corrected chi connectivity index (χ0v) is 15.9. The molecule has 1 atom stereocenters. The second-order valence-corrected chi connectivity index (χ2v) is 6.55. The molecule has 0 aliphatic carbocycles. The van der Waals surface area contributed by atoms with Gasteiger partial charge in [-0.25, -0.2) is 4.79 Å². The molecule has 0 saturated heterocycles. The summed E-state index contributed by atoms with van der Waals surface area (Å²) in [6, 6.07) is 10.9. The van der Waals surface area contributed by atoms with Crippen LogP contribution >= 0.6 is 0 Å². The minimum atomic E-state index is -0.448. The number of methoxy groups -OCH3 is 1. The minimum absolute atomic E-state index is 0.109. The number of carbonyl (C=O) groups excluding carboxylic acids is 1. The predicted octanol–water partition coefficient (Wildman–Crippen LogP) is 1.94. The highest BCUT2D eigenvalue weighted by Gasteiger charge is 2.20. The number of Topliss-reactive ketones (excluding diaryl/α,β-unsaturated/α-hetero) is 1. The number of nitrogens with zero attached hydrogens (tertiary/aromatic N) is 5. The third kappa shape index (κ3) is 3.61. The predicted molar refractivity (Wildman–Crippen MR) is 100 cm³/mol. The van der Waals surface area contributed by atoms with Crippen LogP contribution in [0.3, 0.4) is 0 Å². The molecular formula is C19H23N5O3. The van der Waals surface area contributed by atoms with Gasteiger partial charge in [0.05, 0.1) is 18.3 Å². The molecule has 0 amide bonds. The number of hydrogen-bond donors (Lipinski definition) is 0. The lowest BCUT2D eigenvalue weighted by molar-refractivity contribution is 0.0964. The summed E-state index contributed by atoms with van der Waals surface area (Å²) in [6.07, 6.45) is 0. The molecule has 3 aromatic rings. The van der Waals surface area contributed by atoms with Crippen LogP contribution in [0.5, 0.6) is 0 Å². The molecular weight excluding hydrogens is 346 g/mol. The number of hydrogen-bond acceptors (Lipinski definition) is 5. The maximum Gasteiger partial charge on any atom is 0.368 e. The molecule has 0 aliphatic rings. The average Bonchev–Trinajstić information content (AvgIpc) is 3.15. The number of para-hydroxylation sites is 1. The molecule has 0 bridgehead atoms. The highest BCUT2D eigenvalue weighted by molar-refractivity contribution is 5.97. The topological polar surface area (TPSA) is 83.9 Å². The van der Waals surface area contributed by atoms with Crippen molar-refractivity contribution in [1.82, 2.24) is 24.4 Å². The smallest absolute Gasteiger partial charge is 0.368 e. The van der Waals surface area contributed by atoms with E-state index in [0.29, 0.717) is 17.9 Å². The van der Waals surface area contributed by atoms with Crippen molar-refractivity contribution >= 4 is 5.78 Å². The van der Waals surface area contributed by atoms with Crippen LogP contribution in [0, 0.1) is 13.8 Å². The van der Waals surface area contributed by atoms with Crippen LogP contribution in [0.4, 0.5) is 0 Å². The molecule has 0 unspecified atom stereocenters. The van der Waals surface area contributed by atoms with Gasteiger partial charge in [-0.15, -0.1) is 0 Å². The van der Waals surface area contributed by atoms with Crippen molar-refractivity contribution in [3.63, 3.8) is 0 Å². The van der Waals surface area contributed by atoms with Gasteiger partial charge in [0.25, 0.3) is 0 Å². The average molecular weight is 369 g/mol. The van der Waals surface area contributed by atoms with Crippen molar-refractivity contribution in [3.05, 3.63) is 63.8 Å². The van der Waals surface area contributed by atoms with E-state index in [9.17, 15) is 9.59 Å². The number of ether oxygens (including phenoxy) is 1. The van der Waals surface area contributed by atoms with Gasteiger partial charge in [0, 0.05) is 24.1 Å². The summed E-state index contributed by atoms with van der Waals surface area (Å²) in [4.78, 5) is 25.3. The van der Waals surface area contributed by atoms with E-state index >= 15 is 0 Å². The molecule has 27 heavy (non-hydrogen) atoms. The third-order valence-electron chi connectivity index (χ3n) is 4.57. The fraction of sp³-hybridized carbons (Fsp3) is 0.368. The summed E-state index contributed by atoms with van der Waals surface area (Å²) in [6.45, 7) is 6.28. The Kier molecular flexibility index (Phi) is 5.36. The Morgan fingerprint density at radius 1 is 1.19 bits per heavy atom. The third-order valence-corrected chi connectivity index (χ3v) is 4.57. The monoisotopic (exact) mass is 369 g/mol. The van der Waals surface area contributed by atoms with E-state index in [1.54, 1.807) is 19.2 Å². The number of aromatic nitrogens is 5. The first-order chi connectivity index (χ1) is 12.9. The Morgan fingerprint density at radius 3 is 2.56 bits per heavy atom. The van der Waals surface area contributed by atoms with Crippen molar-refractivity contribution in [2.45, 2.75) is 33.4 Å². The van der Waals surface area contributed by atoms with Crippen molar-refractivity contribution in [2.24, 2.45) is 0 Å². The van der Waals surface area contributed by atoms with Gasteiger partial charge in [-0.1, -0.05) is 18.2 Å². The number of carbonyl (C=O) groups is 1. The molecule has 0 spiro atoms. The number of tetrazole rings is 1. The molecule has 3 rings (SSSR count). The van der Waals surface area contributed by atoms with Crippen LogP contribution in [0.2, 0.25) is 0 Å². The number of rotatable bonds is 7. The maximum atomic E-state index is 12.8. The van der Waals surface area contributed by atoms with E-state index in [1.807, 2.05) is 45.0 Å². The van der Waals surface area contributed by atoms with E-state index < -0.39 is 5.69 Å². The molecule has 2 aromatic heterocycles. The highest BCUT2D eigenvalue weighted by atomic mass is 16.5. The molecule has 1 aromatic carbocycles. The minimum Gasteiger partial charge on any atom is -0.383 e. The lowest BCUT2D eigenvalue weighted by Crippen LogP contribution is -2.27. The van der Waals surface area contributed by atoms with Gasteiger partial charge in [0.15, 0.2) is 5.78 Å². The zero-order chi connectivity index (χ0) is 19.6. The fourth-order valence-corrected chi connectivity index (χ4v) is 3.38. The van der Waals surface area contributed by atoms with Gasteiger partial charge < -0.3 is 9.30 Å². The van der Waals surface area contributed by atoms with Gasteiger partial charge in [0.2, 0.25) is 0 Å². The van der Waals surface area contributed by atoms with Gasteiger partial charge in [-0.2, -0.15) is 9.36 Å². The Balaban J connectivity index is 1.86. The van der Waals surface area contributed by atoms with Crippen LogP contribution in [-0.4, -0.2) is 43.9 Å². The number of ketones is 1. The van der Waals surface area contributed by atoms with Crippen LogP contribution in [0.1, 0.15) is 34.7 Å². The molecule has 0 radical (unpaired) electrons. The van der Waals surface area contributed by atoms with Crippen LogP contribution in [0.15, 0.2) is 41.2 Å². The molecule has 8 heteroatoms. The lowest BCUT2D eigenvalue weighted by atomic mass is 10.1. The van der Waals surface area contributed by atoms with Crippen LogP contribution < -0.4 is 5.69 Å². The molecule has 2 heterocycles. The lowest BCUT2D eigenvalue weighted by Gasteiger charge is -2.17. The van der Waals surface area contributed by atoms with Gasteiger partial charge in [0.1, 0.15) is 6.54 Å². The standard InChI is InChI=1S/C19H23N5O3/c1-13-10-17(15(3)23(13)14(2)12-27-4)18(25)11-22-19(26)24(21-20-22)16-8-6-5-7-9-16/h5-10,14H,11-12H2,1-4H3/t14-/m0/s1. The van der Waals surface area contributed by atoms with Crippen molar-refractivity contribution in [2.75, 3.05) is 13.7 Å². The SMILES string of the molecule is COC[C@H](C)n1c(C)cc(C(=O)Cn2nnn(-c3ccccc3)c2=O)c1C. The summed E-state index contributed by atoms with van der Waals surface area (Å²) < 4.78 is 9.55. The Bertz CT molecular complexity index is 1000. The summed E-state index contributed by atoms with van der Waals surface area (Å²) in [5, 5.41) is 7.72. The summed E-state index contributed by atoms with van der Waals surface area (Å²) in [7, 11) is 1.65. The number of aryl methyl sites for hydroxylation is 1. The van der Waals surface area contributed by atoms with Crippen molar-refractivity contribution in [3.8, 4) is 5.69 Å². The molecule has 0 aliphatic heterocycles. The molecule has 142 valence electrons. The van der Waals surface area contributed by atoms with E-state index in [-0.39, 0.29) is 18.4 Å². The fourth-order valence-electron chi connectivity index (χ4n) is 3.38. The highest BCUT2D eigenvalue weighted by Crippen LogP contribution is 2.21. The molecule has 0 N–H and O–H groups in total. The first-order valence-corrected chi connectivity index (χ1v) is 8.72. The van der Waals surface area contributed by atoms with Crippen molar-refractivity contribution in [1.29, 1.82) is 0 Å². The quantitative estimate of drug-likeness (QED) is 0.594. The van der Waals surface area contributed by atoms with E-state index in [1.165, 1.54) is 4.68 Å². The van der Waals surface area contributed by atoms with Crippen LogP contribution in [-0.2, 0) is 11.3 Å². The Morgan fingerprint density at radius 2 is 1.89 bits per heavy atom. The first-order valence-electron chi connectivity index (χ1n) is 8.72. The largest absolute Gasteiger partial charge is 0.383 e. The molecule has 8 nitrogen and oxygen atoms in total. The zero-order valence-electron chi connectivity index (χ0n) is 15.9. The molecule has 0 saturated carbocycles. The Labute approximate surface area is 157 Å². The second-order valence-electron chi connectivity index (χ2n) is 6.55. The van der Waals surface area contributed by atoms with Crippen molar-refractivity contribution < 1.29 is 9.53 Å². The Hall–Kier alpha value is -3.00. The summed E-state index contributed by atoms with van der Waals surface area (Å²) >= 11 is 0. The van der Waals surface area contributed by atoms with E-state index in [0.717, 1.165) is 16.1 Å². The van der Waals surface area contributed by atoms with Crippen LogP contribution in [0.25, 0.3) is 5.69 Å².